The topological polar surface area (TPSA) is 113 Å². The predicted octanol–water partition coefficient (Wildman–Crippen LogP) is 4.16. The van der Waals surface area contributed by atoms with Crippen LogP contribution in [0.2, 0.25) is 5.02 Å². The number of carbonyl (C=O) groups excluding carboxylic acids is 1. The molecule has 5 rings (SSSR count). The Morgan fingerprint density at radius 1 is 1.22 bits per heavy atom. The van der Waals surface area contributed by atoms with Crippen molar-refractivity contribution in [2.24, 2.45) is 0 Å². The van der Waals surface area contributed by atoms with Crippen molar-refractivity contribution in [1.29, 1.82) is 0 Å². The van der Waals surface area contributed by atoms with E-state index in [1.807, 2.05) is 0 Å². The first-order valence-corrected chi connectivity index (χ1v) is 12.7. The van der Waals surface area contributed by atoms with E-state index in [4.69, 9.17) is 23.8 Å². The van der Waals surface area contributed by atoms with Gasteiger partial charge in [0.1, 0.15) is 34.5 Å². The summed E-state index contributed by atoms with van der Waals surface area (Å²) in [6, 6.07) is 3.09. The lowest BCUT2D eigenvalue weighted by Gasteiger charge is -2.23. The largest absolute Gasteiger partial charge is 0.485 e. The number of pyridine rings is 3. The summed E-state index contributed by atoms with van der Waals surface area (Å²) < 4.78 is 72.3. The van der Waals surface area contributed by atoms with E-state index in [1.165, 1.54) is 25.3 Å². The molecule has 0 atom stereocenters. The summed E-state index contributed by atoms with van der Waals surface area (Å²) >= 11 is 6.35. The quantitative estimate of drug-likeness (QED) is 0.359. The number of carbonyl (C=O) groups is 1. The fourth-order valence-electron chi connectivity index (χ4n) is 4.37. The molecule has 10 nitrogen and oxygen atoms in total. The zero-order valence-electron chi connectivity index (χ0n) is 24.0. The van der Waals surface area contributed by atoms with Crippen LogP contribution < -0.4 is 20.3 Å². The molecule has 1 aliphatic heterocycles. The number of aromatic nitrogens is 5. The van der Waals surface area contributed by atoms with Crippen LogP contribution in [0.5, 0.6) is 11.6 Å². The van der Waals surface area contributed by atoms with Crippen molar-refractivity contribution < 1.29 is 30.2 Å². The van der Waals surface area contributed by atoms with Crippen molar-refractivity contribution in [3.8, 4) is 23.1 Å². The van der Waals surface area contributed by atoms with E-state index in [1.54, 1.807) is 13.8 Å². The third-order valence-electron chi connectivity index (χ3n) is 6.16. The lowest BCUT2D eigenvalue weighted by Crippen LogP contribution is -2.40. The molecule has 5 heterocycles. The van der Waals surface area contributed by atoms with Gasteiger partial charge < -0.3 is 14.8 Å². The van der Waals surface area contributed by atoms with E-state index in [0.717, 1.165) is 15.4 Å². The minimum Gasteiger partial charge on any atom is -0.485 e. The van der Waals surface area contributed by atoms with E-state index in [9.17, 15) is 22.8 Å². The fourth-order valence-corrected chi connectivity index (χ4v) is 4.54. The van der Waals surface area contributed by atoms with Crippen LogP contribution in [0.1, 0.15) is 46.9 Å². The molecule has 0 aromatic carbocycles. The number of fused-ring (bicyclic) bond motifs is 3. The molecule has 0 saturated carbocycles. The Hall–Kier alpha value is -4.39. The molecule has 0 radical (unpaired) electrons. The predicted molar refractivity (Wildman–Crippen MR) is 141 cm³/mol. The first-order valence-electron chi connectivity index (χ1n) is 13.3. The Morgan fingerprint density at radius 2 is 2.00 bits per heavy atom. The van der Waals surface area contributed by atoms with Gasteiger partial charge >= 0.3 is 0 Å². The van der Waals surface area contributed by atoms with Gasteiger partial charge in [0.25, 0.3) is 5.56 Å². The zero-order chi connectivity index (χ0) is 31.3. The average Bonchev–Trinajstić information content (AvgIpc) is 3.30. The highest BCUT2D eigenvalue weighted by atomic mass is 35.5. The van der Waals surface area contributed by atoms with Crippen LogP contribution in [0.25, 0.3) is 11.5 Å². The van der Waals surface area contributed by atoms with Crippen molar-refractivity contribution in [3.63, 3.8) is 0 Å². The van der Waals surface area contributed by atoms with Gasteiger partial charge in [0.2, 0.25) is 11.8 Å². The number of hydrogen-bond acceptors (Lipinski definition) is 7. The minimum atomic E-state index is -2.95. The van der Waals surface area contributed by atoms with E-state index in [0.29, 0.717) is 30.7 Å². The highest BCUT2D eigenvalue weighted by Gasteiger charge is 2.29. The fraction of sp³-hybridized carbons (Fsp3) is 0.296. The van der Waals surface area contributed by atoms with Crippen molar-refractivity contribution >= 4 is 17.5 Å². The van der Waals surface area contributed by atoms with Crippen LogP contribution in [0.15, 0.2) is 41.6 Å². The molecule has 14 heteroatoms. The van der Waals surface area contributed by atoms with Crippen LogP contribution in [-0.2, 0) is 23.3 Å². The Bertz CT molecular complexity index is 1810. The summed E-state index contributed by atoms with van der Waals surface area (Å²) in [7, 11) is 0. The van der Waals surface area contributed by atoms with Crippen molar-refractivity contribution in [2.45, 2.75) is 45.7 Å². The summed E-state index contributed by atoms with van der Waals surface area (Å²) in [5.41, 5.74) is -1.99. The summed E-state index contributed by atoms with van der Waals surface area (Å²) in [5, 5.41) is 6.36. The summed E-state index contributed by atoms with van der Waals surface area (Å²) in [6.45, 7) is 1.70. The first-order chi connectivity index (χ1) is 20.2. The normalized spacial score (nSPS) is 14.0. The number of rotatable bonds is 6. The van der Waals surface area contributed by atoms with Crippen LogP contribution >= 0.6 is 11.6 Å². The van der Waals surface area contributed by atoms with E-state index < -0.39 is 51.6 Å². The third-order valence-corrected chi connectivity index (χ3v) is 6.51. The van der Waals surface area contributed by atoms with E-state index in [-0.39, 0.29) is 35.6 Å². The van der Waals surface area contributed by atoms with Gasteiger partial charge in [0.05, 0.1) is 33.0 Å². The number of aryl methyl sites for hydroxylation is 1. The molecule has 0 saturated heterocycles. The van der Waals surface area contributed by atoms with Gasteiger partial charge in [-0.25, -0.2) is 27.4 Å². The van der Waals surface area contributed by atoms with Crippen molar-refractivity contribution in [3.05, 3.63) is 86.6 Å². The number of nitrogens with zero attached hydrogens (tertiary/aromatic N) is 5. The number of hydrogen-bond donors (Lipinski definition) is 1. The molecule has 4 aromatic heterocycles. The van der Waals surface area contributed by atoms with E-state index in [2.05, 4.69) is 20.4 Å². The third kappa shape index (κ3) is 5.62. The molecule has 4 aromatic rings. The second-order valence-corrected chi connectivity index (χ2v) is 10.1. The Kier molecular flexibility index (Phi) is 6.79. The average molecular weight is 591 g/mol. The molecule has 0 fully saturated rings. The van der Waals surface area contributed by atoms with Gasteiger partial charge in [0, 0.05) is 31.3 Å². The maximum absolute atomic E-state index is 15.0. The van der Waals surface area contributed by atoms with Gasteiger partial charge in [0.15, 0.2) is 17.5 Å². The minimum absolute atomic E-state index is 0.0386. The molecule has 1 N–H and O–H groups in total. The Balaban J connectivity index is 1.59. The summed E-state index contributed by atoms with van der Waals surface area (Å²) in [6.07, 6.45) is 4.18. The lowest BCUT2D eigenvalue weighted by atomic mass is 10.0. The second kappa shape index (κ2) is 10.9. The molecular weight excluding hydrogens is 565 g/mol. The first kappa shape index (κ1) is 25.6. The summed E-state index contributed by atoms with van der Waals surface area (Å²) in [5.74, 6) is -3.80. The van der Waals surface area contributed by atoms with Crippen molar-refractivity contribution in [2.75, 3.05) is 6.61 Å². The number of nitrogens with one attached hydrogen (secondary N) is 1. The monoisotopic (exact) mass is 590 g/mol. The molecule has 214 valence electrons. The molecule has 0 bridgehead atoms. The van der Waals surface area contributed by atoms with Crippen LogP contribution in [-0.4, -0.2) is 36.8 Å². The molecule has 0 spiro atoms. The van der Waals surface area contributed by atoms with Crippen molar-refractivity contribution in [1.82, 2.24) is 29.6 Å². The van der Waals surface area contributed by atoms with E-state index >= 15 is 0 Å². The van der Waals surface area contributed by atoms with Gasteiger partial charge in [-0.2, -0.15) is 5.10 Å². The SMILES string of the molecule is [2H]C([2H])(Oc1cc2n(c(=O)c1Cl)-c1cc(-n3cc(F)c(C(C)(C)NC(C)=O)n3)ncc1CCCO2)c1ncc(F)cc1F. The molecule has 41 heavy (non-hydrogen) atoms. The molecule has 1 amide bonds. The van der Waals surface area contributed by atoms with Gasteiger partial charge in [-0.05, 0) is 32.3 Å². The number of halogens is 4. The Morgan fingerprint density at radius 3 is 2.73 bits per heavy atom. The van der Waals surface area contributed by atoms with Crippen LogP contribution in [0, 0.1) is 17.5 Å². The number of amides is 1. The highest BCUT2D eigenvalue weighted by molar-refractivity contribution is 6.31. The second-order valence-electron chi connectivity index (χ2n) is 9.69. The molecular formula is C27H24ClF3N6O4. The van der Waals surface area contributed by atoms with Gasteiger partial charge in [-0.3, -0.25) is 14.6 Å². The van der Waals surface area contributed by atoms with Crippen LogP contribution in [0.4, 0.5) is 13.2 Å². The molecule has 0 unspecified atom stereocenters. The smallest absolute Gasteiger partial charge is 0.280 e. The highest BCUT2D eigenvalue weighted by Crippen LogP contribution is 2.32. The molecule has 1 aliphatic rings. The zero-order valence-corrected chi connectivity index (χ0v) is 22.7. The standard InChI is InChI=1S/C27H24ClF3N6O4/c1-14(38)34-27(2,3)25-18(31)12-36(35-25)22-8-20-15(10-33-22)5-4-6-40-23-9-21(24(28)26(39)37(20)23)41-13-19-17(30)7-16(29)11-32-19/h7-12H,4-6,13H2,1-3H3,(H,34,38)/i13D2. The summed E-state index contributed by atoms with van der Waals surface area (Å²) in [4.78, 5) is 33.1. The lowest BCUT2D eigenvalue weighted by molar-refractivity contribution is -0.120. The van der Waals surface area contributed by atoms with Gasteiger partial charge in [-0.1, -0.05) is 11.6 Å². The Labute approximate surface area is 239 Å². The molecule has 0 aliphatic carbocycles. The van der Waals surface area contributed by atoms with Crippen LogP contribution in [0.3, 0.4) is 0 Å². The van der Waals surface area contributed by atoms with Gasteiger partial charge in [-0.15, -0.1) is 0 Å². The number of ether oxygens (including phenoxy) is 2. The maximum atomic E-state index is 15.0. The maximum Gasteiger partial charge on any atom is 0.280 e.